The lowest BCUT2D eigenvalue weighted by Crippen LogP contribution is -2.25. The molecule has 2 heterocycles. The van der Waals surface area contributed by atoms with Crippen molar-refractivity contribution in [1.29, 1.82) is 0 Å². The standard InChI is InChI=1S/C83H49N3O/c1-2-18-52(19-3-1)77-78(53-38-34-50(35-39-53)51-36-40-54(41-37-51)81-84-75-32-16-17-33-76(75)87-81)86-80-58(56-43-45-66-64-25-9-15-31-72(64)83(74(66)49-56)69-28-12-6-22-61(69)62-23-7-13-29-70(62)83)47-46-57(79(80)85-77)55-42-44-65-63-24-8-14-30-71(63)82(73(65)48-55)67-26-10-4-20-59(67)60-21-5-11-27-68(60)82/h1-49H. The Balaban J connectivity index is 0.834. The molecule has 0 atom stereocenters. The number of rotatable bonds is 6. The minimum atomic E-state index is -0.510. The van der Waals surface area contributed by atoms with Gasteiger partial charge < -0.3 is 4.42 Å². The Morgan fingerprint density at radius 1 is 0.218 bits per heavy atom. The molecule has 13 aromatic carbocycles. The number of aromatic nitrogens is 3. The number of fused-ring (bicyclic) bond motifs is 22. The second kappa shape index (κ2) is 18.1. The van der Waals surface area contributed by atoms with Crippen LogP contribution in [0.4, 0.5) is 0 Å². The van der Waals surface area contributed by atoms with E-state index in [0.29, 0.717) is 5.89 Å². The monoisotopic (exact) mass is 1100 g/mol. The van der Waals surface area contributed by atoms with E-state index in [9.17, 15) is 0 Å². The predicted molar refractivity (Wildman–Crippen MR) is 352 cm³/mol. The fraction of sp³-hybridized carbons (Fsp3) is 0.0241. The lowest BCUT2D eigenvalue weighted by molar-refractivity contribution is 0.620. The number of hydrogen-bond acceptors (Lipinski definition) is 4. The van der Waals surface area contributed by atoms with Crippen LogP contribution in [-0.4, -0.2) is 15.0 Å². The summed E-state index contributed by atoms with van der Waals surface area (Å²) in [5.41, 5.74) is 33.9. The minimum Gasteiger partial charge on any atom is -0.436 e. The average Bonchev–Trinajstić information content (AvgIpc) is 1.56. The molecule has 87 heavy (non-hydrogen) atoms. The molecule has 4 aliphatic carbocycles. The van der Waals surface area contributed by atoms with Crippen molar-refractivity contribution >= 4 is 22.1 Å². The summed E-state index contributed by atoms with van der Waals surface area (Å²) in [7, 11) is 0. The first-order valence-electron chi connectivity index (χ1n) is 30.0. The molecule has 0 saturated carbocycles. The molecule has 0 bridgehead atoms. The molecule has 19 rings (SSSR count). The van der Waals surface area contributed by atoms with Crippen LogP contribution in [0.1, 0.15) is 44.5 Å². The van der Waals surface area contributed by atoms with E-state index in [1.165, 1.54) is 89.0 Å². The van der Waals surface area contributed by atoms with Gasteiger partial charge in [0.05, 0.1) is 33.3 Å². The first kappa shape index (κ1) is 48.1. The molecule has 2 aromatic heterocycles. The normalized spacial score (nSPS) is 13.7. The van der Waals surface area contributed by atoms with Gasteiger partial charge in [0.1, 0.15) is 5.52 Å². The molecule has 4 aliphatic rings. The van der Waals surface area contributed by atoms with E-state index in [0.717, 1.165) is 83.6 Å². The maximum atomic E-state index is 6.14. The Hall–Kier alpha value is -11.3. The summed E-state index contributed by atoms with van der Waals surface area (Å²) in [6, 6.07) is 109. The molecule has 0 fully saturated rings. The van der Waals surface area contributed by atoms with Crippen LogP contribution in [0.5, 0.6) is 0 Å². The maximum Gasteiger partial charge on any atom is 0.227 e. The van der Waals surface area contributed by atoms with Gasteiger partial charge in [-0.05, 0) is 148 Å². The highest BCUT2D eigenvalue weighted by molar-refractivity contribution is 6.06. The van der Waals surface area contributed by atoms with Crippen LogP contribution in [0.3, 0.4) is 0 Å². The number of hydrogen-bond donors (Lipinski definition) is 0. The average molecular weight is 1100 g/mol. The topological polar surface area (TPSA) is 51.8 Å². The van der Waals surface area contributed by atoms with Gasteiger partial charge in [-0.3, -0.25) is 0 Å². The maximum absolute atomic E-state index is 6.14. The van der Waals surface area contributed by atoms with Crippen LogP contribution < -0.4 is 0 Å². The van der Waals surface area contributed by atoms with Gasteiger partial charge in [0.25, 0.3) is 0 Å². The fourth-order valence-corrected chi connectivity index (χ4v) is 15.7. The number of oxazole rings is 1. The van der Waals surface area contributed by atoms with Gasteiger partial charge in [-0.2, -0.15) is 0 Å². The zero-order valence-corrected chi connectivity index (χ0v) is 47.0. The fourth-order valence-electron chi connectivity index (χ4n) is 15.7. The number of nitrogens with zero attached hydrogens (tertiary/aromatic N) is 3. The summed E-state index contributed by atoms with van der Waals surface area (Å²) >= 11 is 0. The van der Waals surface area contributed by atoms with Gasteiger partial charge >= 0.3 is 0 Å². The largest absolute Gasteiger partial charge is 0.436 e. The highest BCUT2D eigenvalue weighted by atomic mass is 16.3. The van der Waals surface area contributed by atoms with Crippen molar-refractivity contribution in [3.05, 3.63) is 342 Å². The summed E-state index contributed by atoms with van der Waals surface area (Å²) in [6.07, 6.45) is 0. The number of para-hydroxylation sites is 2. The molecule has 0 amide bonds. The molecule has 4 nitrogen and oxygen atoms in total. The van der Waals surface area contributed by atoms with Crippen molar-refractivity contribution in [2.24, 2.45) is 0 Å². The van der Waals surface area contributed by atoms with Crippen LogP contribution in [0.2, 0.25) is 0 Å². The quantitative estimate of drug-likeness (QED) is 0.166. The van der Waals surface area contributed by atoms with Crippen LogP contribution in [0.25, 0.3) is 134 Å². The lowest BCUT2D eigenvalue weighted by Gasteiger charge is -2.31. The molecular weight excluding hydrogens is 1050 g/mol. The highest BCUT2D eigenvalue weighted by Gasteiger charge is 2.53. The van der Waals surface area contributed by atoms with Crippen LogP contribution in [-0.2, 0) is 10.8 Å². The van der Waals surface area contributed by atoms with E-state index in [-0.39, 0.29) is 0 Å². The van der Waals surface area contributed by atoms with Crippen LogP contribution >= 0.6 is 0 Å². The molecule has 2 spiro atoms. The van der Waals surface area contributed by atoms with Gasteiger partial charge in [-0.1, -0.05) is 261 Å². The zero-order chi connectivity index (χ0) is 57.0. The molecule has 15 aromatic rings. The Bertz CT molecular complexity index is 5240. The van der Waals surface area contributed by atoms with E-state index < -0.39 is 10.8 Å². The van der Waals surface area contributed by atoms with Crippen molar-refractivity contribution in [2.45, 2.75) is 10.8 Å². The van der Waals surface area contributed by atoms with Crippen molar-refractivity contribution in [2.75, 3.05) is 0 Å². The van der Waals surface area contributed by atoms with E-state index in [1.807, 2.05) is 24.3 Å². The van der Waals surface area contributed by atoms with Crippen molar-refractivity contribution in [1.82, 2.24) is 15.0 Å². The summed E-state index contributed by atoms with van der Waals surface area (Å²) in [5, 5.41) is 0. The first-order valence-corrected chi connectivity index (χ1v) is 30.0. The van der Waals surface area contributed by atoms with Crippen LogP contribution in [0.15, 0.2) is 302 Å². The highest BCUT2D eigenvalue weighted by Crippen LogP contribution is 2.65. The van der Waals surface area contributed by atoms with E-state index in [4.69, 9.17) is 19.4 Å². The molecule has 0 aliphatic heterocycles. The molecule has 0 N–H and O–H groups in total. The van der Waals surface area contributed by atoms with Gasteiger partial charge in [-0.25, -0.2) is 15.0 Å². The van der Waals surface area contributed by atoms with Gasteiger partial charge in [-0.15, -0.1) is 0 Å². The molecule has 402 valence electrons. The Morgan fingerprint density at radius 3 is 0.943 bits per heavy atom. The van der Waals surface area contributed by atoms with Crippen LogP contribution in [0, 0.1) is 0 Å². The summed E-state index contributed by atoms with van der Waals surface area (Å²) < 4.78 is 6.14. The van der Waals surface area contributed by atoms with Crippen molar-refractivity contribution < 1.29 is 4.42 Å². The predicted octanol–water partition coefficient (Wildman–Crippen LogP) is 20.5. The van der Waals surface area contributed by atoms with Gasteiger partial charge in [0.15, 0.2) is 5.58 Å². The van der Waals surface area contributed by atoms with Crippen molar-refractivity contribution in [3.8, 4) is 112 Å². The smallest absolute Gasteiger partial charge is 0.227 e. The molecule has 4 heteroatoms. The third-order valence-electron chi connectivity index (χ3n) is 19.4. The second-order valence-electron chi connectivity index (χ2n) is 23.6. The summed E-state index contributed by atoms with van der Waals surface area (Å²) in [4.78, 5) is 16.7. The molecule has 0 unspecified atom stereocenters. The third kappa shape index (κ3) is 6.59. The summed E-state index contributed by atoms with van der Waals surface area (Å²) in [6.45, 7) is 0. The Kier molecular flexibility index (Phi) is 10.00. The molecule has 0 radical (unpaired) electrons. The third-order valence-corrected chi connectivity index (χ3v) is 19.4. The van der Waals surface area contributed by atoms with Crippen molar-refractivity contribution in [3.63, 3.8) is 0 Å². The molecular formula is C83H49N3O. The SMILES string of the molecule is c1ccc(-c2nc3c(-c4ccc5c(c4)C4(c6ccccc6-c6ccccc64)c4ccccc4-5)ccc(-c4ccc5c(c4)C4(c6ccccc6-c6ccccc64)c4ccccc4-5)c3nc2-c2ccc(-c3ccc(-c4nc5ccccc5o4)cc3)cc2)cc1. The number of benzene rings is 13. The van der Waals surface area contributed by atoms with E-state index >= 15 is 0 Å². The van der Waals surface area contributed by atoms with E-state index in [2.05, 4.69) is 273 Å². The van der Waals surface area contributed by atoms with E-state index in [1.54, 1.807) is 0 Å². The first-order chi connectivity index (χ1) is 43.1. The Labute approximate surface area is 503 Å². The Morgan fingerprint density at radius 2 is 0.529 bits per heavy atom. The lowest BCUT2D eigenvalue weighted by atomic mass is 9.70. The summed E-state index contributed by atoms with van der Waals surface area (Å²) in [5.74, 6) is 0.610. The molecule has 0 saturated heterocycles. The second-order valence-corrected chi connectivity index (χ2v) is 23.6. The minimum absolute atomic E-state index is 0.506. The van der Waals surface area contributed by atoms with Gasteiger partial charge in [0.2, 0.25) is 5.89 Å². The zero-order valence-electron chi connectivity index (χ0n) is 47.0. The van der Waals surface area contributed by atoms with Gasteiger partial charge in [0, 0.05) is 27.8 Å².